The number of carbonyl (C=O) groups excluding carboxylic acids is 2. The molecule has 2 aromatic heterocycles. The van der Waals surface area contributed by atoms with Crippen molar-refractivity contribution in [2.24, 2.45) is 7.05 Å². The maximum Gasteiger partial charge on any atom is 0.320 e. The van der Waals surface area contributed by atoms with E-state index in [1.165, 1.54) is 0 Å². The van der Waals surface area contributed by atoms with E-state index in [1.54, 1.807) is 65.2 Å². The van der Waals surface area contributed by atoms with E-state index in [0.717, 1.165) is 16.8 Å². The van der Waals surface area contributed by atoms with Gasteiger partial charge in [-0.05, 0) is 47.5 Å². The first-order valence-corrected chi connectivity index (χ1v) is 19.3. The van der Waals surface area contributed by atoms with Crippen molar-refractivity contribution in [3.63, 3.8) is 0 Å². The second-order valence-electron chi connectivity index (χ2n) is 13.7. The lowest BCUT2D eigenvalue weighted by atomic mass is 10.1. The minimum absolute atomic E-state index is 0.162. The van der Waals surface area contributed by atoms with Crippen LogP contribution < -0.4 is 5.32 Å². The highest BCUT2D eigenvalue weighted by molar-refractivity contribution is 6.35. The van der Waals surface area contributed by atoms with Crippen molar-refractivity contribution in [3.05, 3.63) is 140 Å². The van der Waals surface area contributed by atoms with Crippen LogP contribution in [0.4, 0.5) is 4.79 Å². The van der Waals surface area contributed by atoms with Crippen molar-refractivity contribution in [1.82, 2.24) is 39.1 Å². The molecule has 16 heteroatoms. The number of amides is 3. The molecule has 2 aliphatic rings. The Hall–Kier alpha value is -4.14. The van der Waals surface area contributed by atoms with Crippen molar-refractivity contribution in [2.45, 2.75) is 44.1 Å². The van der Waals surface area contributed by atoms with Crippen molar-refractivity contribution in [1.29, 1.82) is 0 Å². The van der Waals surface area contributed by atoms with E-state index >= 15 is 0 Å². The summed E-state index contributed by atoms with van der Waals surface area (Å²) in [5.41, 5.74) is 3.33. The largest absolute Gasteiger partial charge is 0.352 e. The second kappa shape index (κ2) is 17.3. The number of hydrogen-bond acceptors (Lipinski definition) is 7. The number of urea groups is 1. The molecule has 55 heavy (non-hydrogen) atoms. The summed E-state index contributed by atoms with van der Waals surface area (Å²) in [6.45, 7) is 2.78. The number of halogens is 4. The average molecular weight is 827 g/mol. The first kappa shape index (κ1) is 39.1. The number of carbonyl (C=O) groups is 2. The Morgan fingerprint density at radius 3 is 2.29 bits per heavy atom. The highest BCUT2D eigenvalue weighted by Gasteiger charge is 2.45. The van der Waals surface area contributed by atoms with Gasteiger partial charge in [0.15, 0.2) is 0 Å². The minimum Gasteiger partial charge on any atom is -0.352 e. The van der Waals surface area contributed by atoms with E-state index in [4.69, 9.17) is 55.9 Å². The zero-order chi connectivity index (χ0) is 38.5. The van der Waals surface area contributed by atoms with Gasteiger partial charge in [-0.15, -0.1) is 0 Å². The summed E-state index contributed by atoms with van der Waals surface area (Å²) < 4.78 is 16.7. The molecular weight excluding hydrogens is 786 g/mol. The summed E-state index contributed by atoms with van der Waals surface area (Å²) in [6.07, 6.45) is 8.17. The fraction of sp³-hybridized carbons (Fsp3) is 0.333. The van der Waals surface area contributed by atoms with Crippen LogP contribution >= 0.6 is 46.4 Å². The Labute approximate surface area is 339 Å². The predicted molar refractivity (Wildman–Crippen MR) is 211 cm³/mol. The molecule has 2 fully saturated rings. The molecule has 2 aliphatic heterocycles. The highest BCUT2D eigenvalue weighted by Crippen LogP contribution is 2.40. The van der Waals surface area contributed by atoms with Crippen LogP contribution in [0.2, 0.25) is 20.1 Å². The third kappa shape index (κ3) is 9.46. The molecule has 4 heterocycles. The maximum absolute atomic E-state index is 14.4. The number of piperazine rings is 1. The third-order valence-corrected chi connectivity index (χ3v) is 10.8. The third-order valence-electron chi connectivity index (χ3n) is 9.80. The van der Waals surface area contributed by atoms with Crippen LogP contribution in [0.25, 0.3) is 0 Å². The molecule has 0 radical (unpaired) electrons. The van der Waals surface area contributed by atoms with Crippen molar-refractivity contribution >= 4 is 58.3 Å². The number of nitrogens with one attached hydrogen (secondary N) is 1. The predicted octanol–water partition coefficient (Wildman–Crippen LogP) is 6.62. The lowest BCUT2D eigenvalue weighted by molar-refractivity contribution is -0.186. The van der Waals surface area contributed by atoms with Crippen LogP contribution in [0.1, 0.15) is 22.4 Å². The topological polar surface area (TPSA) is 110 Å². The van der Waals surface area contributed by atoms with Gasteiger partial charge in [0.25, 0.3) is 0 Å². The smallest absolute Gasteiger partial charge is 0.320 e. The molecule has 0 spiro atoms. The van der Waals surface area contributed by atoms with Crippen LogP contribution in [0, 0.1) is 0 Å². The van der Waals surface area contributed by atoms with E-state index in [0.29, 0.717) is 58.4 Å². The molecule has 288 valence electrons. The average Bonchev–Trinajstić information content (AvgIpc) is 3.93. The normalized spacial score (nSPS) is 20.1. The fourth-order valence-corrected chi connectivity index (χ4v) is 7.98. The molecular formula is C39H40Cl4N8O4. The van der Waals surface area contributed by atoms with Crippen LogP contribution in [0.3, 0.4) is 0 Å². The molecule has 1 N–H and O–H groups in total. The van der Waals surface area contributed by atoms with E-state index in [9.17, 15) is 9.59 Å². The summed E-state index contributed by atoms with van der Waals surface area (Å²) in [7, 11) is 1.92. The maximum atomic E-state index is 14.4. The van der Waals surface area contributed by atoms with Crippen molar-refractivity contribution in [3.8, 4) is 0 Å². The Morgan fingerprint density at radius 2 is 1.65 bits per heavy atom. The Kier molecular flexibility index (Phi) is 12.3. The van der Waals surface area contributed by atoms with Gasteiger partial charge in [0.2, 0.25) is 11.7 Å². The monoisotopic (exact) mass is 824 g/mol. The molecule has 3 aromatic carbocycles. The Balaban J connectivity index is 1.09. The standard InChI is InChI=1S/C39H40Cl4N8O4/c1-47-25-45-17-32(47)21-49-12-13-50(38(53)51(19-27-4-2-6-29(40)14-27)20-28-5-3-7-30(41)15-28)22-36(49)37(52)46-18-33-23-54-39(55-33,24-48-11-10-44-26-48)34-9-8-31(42)16-35(34)43/h2-11,14-17,25-26,33,36H,12-13,18-24H2,1H3,(H,46,52)/t33-,36-,39-/m0/s1. The number of benzene rings is 3. The fourth-order valence-electron chi connectivity index (χ4n) is 7.01. The molecule has 0 saturated carbocycles. The van der Waals surface area contributed by atoms with Gasteiger partial charge in [0.05, 0.1) is 36.5 Å². The number of aryl methyl sites for hydroxylation is 1. The van der Waals surface area contributed by atoms with Gasteiger partial charge in [-0.25, -0.2) is 14.8 Å². The Bertz CT molecular complexity index is 2070. The minimum atomic E-state index is -1.24. The number of hydrogen-bond donors (Lipinski definition) is 1. The number of nitrogens with zero attached hydrogens (tertiary/aromatic N) is 7. The van der Waals surface area contributed by atoms with Crippen LogP contribution in [-0.2, 0) is 53.3 Å². The van der Waals surface area contributed by atoms with E-state index in [-0.39, 0.29) is 38.2 Å². The van der Waals surface area contributed by atoms with E-state index < -0.39 is 17.9 Å². The number of aromatic nitrogens is 4. The quantitative estimate of drug-likeness (QED) is 0.151. The molecule has 3 atom stereocenters. The number of imidazole rings is 2. The lowest BCUT2D eigenvalue weighted by Gasteiger charge is -2.42. The highest BCUT2D eigenvalue weighted by atomic mass is 35.5. The van der Waals surface area contributed by atoms with Gasteiger partial charge in [-0.2, -0.15) is 0 Å². The summed E-state index contributed by atoms with van der Waals surface area (Å²) in [6, 6.07) is 19.2. The van der Waals surface area contributed by atoms with Crippen LogP contribution in [0.5, 0.6) is 0 Å². The van der Waals surface area contributed by atoms with Gasteiger partial charge in [-0.3, -0.25) is 9.69 Å². The van der Waals surface area contributed by atoms with Gasteiger partial charge in [0.1, 0.15) is 12.1 Å². The first-order chi connectivity index (χ1) is 26.5. The second-order valence-corrected chi connectivity index (χ2v) is 15.5. The number of ether oxygens (including phenoxy) is 2. The lowest BCUT2D eigenvalue weighted by Crippen LogP contribution is -2.61. The summed E-state index contributed by atoms with van der Waals surface area (Å²) in [5, 5.41) is 5.16. The molecule has 2 saturated heterocycles. The van der Waals surface area contributed by atoms with Gasteiger partial charge >= 0.3 is 6.03 Å². The van der Waals surface area contributed by atoms with E-state index in [1.807, 2.05) is 58.8 Å². The summed E-state index contributed by atoms with van der Waals surface area (Å²) in [5.74, 6) is -1.48. The summed E-state index contributed by atoms with van der Waals surface area (Å²) in [4.78, 5) is 42.7. The molecule has 0 unspecified atom stereocenters. The van der Waals surface area contributed by atoms with Gasteiger partial charge < -0.3 is 33.7 Å². The number of rotatable bonds is 12. The molecule has 0 aliphatic carbocycles. The Morgan fingerprint density at radius 1 is 0.927 bits per heavy atom. The SMILES string of the molecule is Cn1cncc1CN1CCN(C(=O)N(Cc2cccc(Cl)c2)Cc2cccc(Cl)c2)C[C@H]1C(=O)NC[C@H]1CO[C@](Cn2ccnc2)(c2ccc(Cl)cc2Cl)O1. The molecule has 7 rings (SSSR count). The van der Waals surface area contributed by atoms with Crippen molar-refractivity contribution in [2.75, 3.05) is 32.8 Å². The van der Waals surface area contributed by atoms with Gasteiger partial charge in [-0.1, -0.05) is 76.7 Å². The zero-order valence-corrected chi connectivity index (χ0v) is 33.1. The van der Waals surface area contributed by atoms with E-state index in [2.05, 4.69) is 20.2 Å². The molecule has 5 aromatic rings. The van der Waals surface area contributed by atoms with Gasteiger partial charge in [0, 0.05) is 92.1 Å². The van der Waals surface area contributed by atoms with Crippen molar-refractivity contribution < 1.29 is 19.1 Å². The van der Waals surface area contributed by atoms with Crippen LogP contribution in [-0.4, -0.2) is 90.7 Å². The first-order valence-electron chi connectivity index (χ1n) is 17.8. The molecule has 12 nitrogen and oxygen atoms in total. The molecule has 0 bridgehead atoms. The zero-order valence-electron chi connectivity index (χ0n) is 30.0. The summed E-state index contributed by atoms with van der Waals surface area (Å²) >= 11 is 25.5. The van der Waals surface area contributed by atoms with Crippen LogP contribution in [0.15, 0.2) is 98.0 Å². The molecule has 3 amide bonds.